The molecule has 0 aliphatic carbocycles. The Morgan fingerprint density at radius 1 is 0.906 bits per heavy atom. The summed E-state index contributed by atoms with van der Waals surface area (Å²) < 4.78 is 23.7. The molecular weight excluding hydrogens is 415 g/mol. The van der Waals surface area contributed by atoms with Crippen LogP contribution in [0.1, 0.15) is 26.3 Å². The van der Waals surface area contributed by atoms with Gasteiger partial charge < -0.3 is 20.1 Å². The molecule has 3 aromatic carbocycles. The number of benzene rings is 3. The monoisotopic (exact) mass is 436 g/mol. The lowest BCUT2D eigenvalue weighted by molar-refractivity contribution is -0.119. The molecule has 0 saturated heterocycles. The minimum absolute atomic E-state index is 0.208. The highest BCUT2D eigenvalue weighted by Crippen LogP contribution is 2.16. The van der Waals surface area contributed by atoms with Crippen molar-refractivity contribution in [2.45, 2.75) is 6.61 Å². The lowest BCUT2D eigenvalue weighted by atomic mass is 10.2. The Morgan fingerprint density at radius 3 is 2.31 bits per heavy atom. The Bertz CT molecular complexity index is 1100. The van der Waals surface area contributed by atoms with Gasteiger partial charge in [-0.15, -0.1) is 0 Å². The van der Waals surface area contributed by atoms with Gasteiger partial charge in [-0.3, -0.25) is 9.59 Å². The van der Waals surface area contributed by atoms with Crippen LogP contribution in [-0.4, -0.2) is 31.4 Å². The fourth-order valence-electron chi connectivity index (χ4n) is 2.72. The van der Waals surface area contributed by atoms with Crippen molar-refractivity contribution in [3.8, 4) is 5.75 Å². The zero-order chi connectivity index (χ0) is 22.9. The maximum Gasteiger partial charge on any atom is 0.338 e. The first-order valence-electron chi connectivity index (χ1n) is 9.71. The van der Waals surface area contributed by atoms with Crippen LogP contribution in [0, 0.1) is 5.82 Å². The van der Waals surface area contributed by atoms with Crippen LogP contribution in [0.25, 0.3) is 0 Å². The zero-order valence-electron chi connectivity index (χ0n) is 17.3. The Hall–Kier alpha value is -4.20. The topological polar surface area (TPSA) is 93.7 Å². The number of carbonyl (C=O) groups is 3. The molecule has 7 nitrogen and oxygen atoms in total. The molecule has 2 N–H and O–H groups in total. The number of carbonyl (C=O) groups excluding carboxylic acids is 3. The number of rotatable bonds is 8. The largest absolute Gasteiger partial charge is 0.489 e. The van der Waals surface area contributed by atoms with Crippen LogP contribution in [0.4, 0.5) is 10.1 Å². The van der Waals surface area contributed by atoms with Gasteiger partial charge in [0, 0.05) is 18.3 Å². The molecule has 3 aromatic rings. The van der Waals surface area contributed by atoms with E-state index in [4.69, 9.17) is 9.47 Å². The van der Waals surface area contributed by atoms with Gasteiger partial charge in [0.2, 0.25) is 0 Å². The molecule has 8 heteroatoms. The van der Waals surface area contributed by atoms with Crippen molar-refractivity contribution < 1.29 is 28.2 Å². The van der Waals surface area contributed by atoms with Gasteiger partial charge in [0.1, 0.15) is 18.2 Å². The number of hydrogen-bond acceptors (Lipinski definition) is 5. The van der Waals surface area contributed by atoms with Gasteiger partial charge >= 0.3 is 5.97 Å². The van der Waals surface area contributed by atoms with Crippen LogP contribution >= 0.6 is 0 Å². The summed E-state index contributed by atoms with van der Waals surface area (Å²) in [5, 5.41) is 5.09. The molecule has 0 bridgehead atoms. The van der Waals surface area contributed by atoms with Gasteiger partial charge in [-0.25, -0.2) is 9.18 Å². The van der Waals surface area contributed by atoms with E-state index in [-0.39, 0.29) is 23.9 Å². The Morgan fingerprint density at radius 2 is 1.62 bits per heavy atom. The number of esters is 1. The molecular formula is C24H21FN2O5. The number of nitrogens with one attached hydrogen (secondary N) is 2. The maximum atomic E-state index is 13.0. The highest BCUT2D eigenvalue weighted by molar-refractivity contribution is 5.97. The highest BCUT2D eigenvalue weighted by Gasteiger charge is 2.12. The quantitative estimate of drug-likeness (QED) is 0.527. The van der Waals surface area contributed by atoms with E-state index < -0.39 is 18.5 Å². The normalized spacial score (nSPS) is 10.2. The SMILES string of the molecule is CNC(=O)c1ccc(NC(=O)COC(=O)c2cccc(OCc3ccc(F)cc3)c2)cc1. The number of halogens is 1. The highest BCUT2D eigenvalue weighted by atomic mass is 19.1. The van der Waals surface area contributed by atoms with Crippen molar-refractivity contribution in [3.63, 3.8) is 0 Å². The molecule has 0 aliphatic rings. The Labute approximate surface area is 184 Å². The van der Waals surface area contributed by atoms with Gasteiger partial charge in [0.05, 0.1) is 5.56 Å². The average Bonchev–Trinajstić information content (AvgIpc) is 2.82. The molecule has 3 rings (SSSR count). The first-order chi connectivity index (χ1) is 15.4. The smallest absolute Gasteiger partial charge is 0.338 e. The molecule has 0 unspecified atom stereocenters. The van der Waals surface area contributed by atoms with E-state index in [2.05, 4.69) is 10.6 Å². The second kappa shape index (κ2) is 10.7. The number of amides is 2. The molecule has 0 atom stereocenters. The number of anilines is 1. The molecule has 32 heavy (non-hydrogen) atoms. The van der Waals surface area contributed by atoms with Crippen molar-refractivity contribution in [1.29, 1.82) is 0 Å². The summed E-state index contributed by atoms with van der Waals surface area (Å²) in [6.45, 7) is -0.267. The molecule has 0 fully saturated rings. The van der Waals surface area contributed by atoms with Crippen molar-refractivity contribution in [3.05, 3.63) is 95.3 Å². The number of hydrogen-bond donors (Lipinski definition) is 2. The predicted octanol–water partition coefficient (Wildman–Crippen LogP) is 3.56. The van der Waals surface area contributed by atoms with Crippen LogP contribution in [0.15, 0.2) is 72.8 Å². The standard InChI is InChI=1S/C24H21FN2O5/c1-26-23(29)17-7-11-20(12-8-17)27-22(28)15-32-24(30)18-3-2-4-21(13-18)31-14-16-5-9-19(25)10-6-16/h2-13H,14-15H2,1H3,(H,26,29)(H,27,28). The lowest BCUT2D eigenvalue weighted by Gasteiger charge is -2.09. The summed E-state index contributed by atoms with van der Waals surface area (Å²) in [6, 6.07) is 18.5. The van der Waals surface area contributed by atoms with Crippen molar-refractivity contribution in [1.82, 2.24) is 5.32 Å². The molecule has 0 heterocycles. The third kappa shape index (κ3) is 6.40. The predicted molar refractivity (Wildman–Crippen MR) is 116 cm³/mol. The first-order valence-corrected chi connectivity index (χ1v) is 9.71. The van der Waals surface area contributed by atoms with E-state index in [1.54, 1.807) is 54.6 Å². The summed E-state index contributed by atoms with van der Waals surface area (Å²) in [6.07, 6.45) is 0. The third-order valence-corrected chi connectivity index (χ3v) is 4.38. The van der Waals surface area contributed by atoms with Crippen molar-refractivity contribution >= 4 is 23.5 Å². The van der Waals surface area contributed by atoms with Crippen LogP contribution in [-0.2, 0) is 16.1 Å². The minimum atomic E-state index is -0.678. The van der Waals surface area contributed by atoms with E-state index in [0.717, 1.165) is 5.56 Å². The molecule has 0 aliphatic heterocycles. The molecule has 0 saturated carbocycles. The minimum Gasteiger partial charge on any atom is -0.489 e. The molecule has 2 amide bonds. The van der Waals surface area contributed by atoms with E-state index in [9.17, 15) is 18.8 Å². The van der Waals surface area contributed by atoms with Crippen molar-refractivity contribution in [2.75, 3.05) is 19.0 Å². The maximum absolute atomic E-state index is 13.0. The van der Waals surface area contributed by atoms with Crippen LogP contribution in [0.3, 0.4) is 0 Å². The average molecular weight is 436 g/mol. The number of ether oxygens (including phenoxy) is 2. The molecule has 0 radical (unpaired) electrons. The summed E-state index contributed by atoms with van der Waals surface area (Å²) in [5.74, 6) is -1.33. The zero-order valence-corrected chi connectivity index (χ0v) is 17.3. The van der Waals surface area contributed by atoms with Crippen molar-refractivity contribution in [2.24, 2.45) is 0 Å². The van der Waals surface area contributed by atoms with Gasteiger partial charge in [-0.2, -0.15) is 0 Å². The molecule has 0 spiro atoms. The third-order valence-electron chi connectivity index (χ3n) is 4.38. The van der Waals surface area contributed by atoms with E-state index in [1.807, 2.05) is 0 Å². The second-order valence-corrected chi connectivity index (χ2v) is 6.72. The van der Waals surface area contributed by atoms with Gasteiger partial charge in [-0.05, 0) is 60.2 Å². The summed E-state index contributed by atoms with van der Waals surface area (Å²) in [4.78, 5) is 35.9. The van der Waals surface area contributed by atoms with Gasteiger partial charge in [-0.1, -0.05) is 18.2 Å². The molecule has 164 valence electrons. The van der Waals surface area contributed by atoms with E-state index in [0.29, 0.717) is 17.0 Å². The summed E-state index contributed by atoms with van der Waals surface area (Å²) in [7, 11) is 1.53. The van der Waals surface area contributed by atoms with Crippen LogP contribution in [0.2, 0.25) is 0 Å². The van der Waals surface area contributed by atoms with Crippen LogP contribution < -0.4 is 15.4 Å². The Balaban J connectivity index is 1.49. The molecule has 0 aromatic heterocycles. The lowest BCUT2D eigenvalue weighted by Crippen LogP contribution is -2.21. The van der Waals surface area contributed by atoms with Crippen LogP contribution in [0.5, 0.6) is 5.75 Å². The second-order valence-electron chi connectivity index (χ2n) is 6.72. The Kier molecular flexibility index (Phi) is 7.53. The summed E-state index contributed by atoms with van der Waals surface area (Å²) in [5.41, 5.74) is 1.93. The fourth-order valence-corrected chi connectivity index (χ4v) is 2.72. The van der Waals surface area contributed by atoms with Gasteiger partial charge in [0.25, 0.3) is 11.8 Å². The first kappa shape index (κ1) is 22.5. The summed E-state index contributed by atoms with van der Waals surface area (Å²) >= 11 is 0. The van der Waals surface area contributed by atoms with E-state index >= 15 is 0 Å². The fraction of sp³-hybridized carbons (Fsp3) is 0.125. The van der Waals surface area contributed by atoms with E-state index in [1.165, 1.54) is 25.2 Å². The van der Waals surface area contributed by atoms with Gasteiger partial charge in [0.15, 0.2) is 6.61 Å².